The Morgan fingerprint density at radius 1 is 1.14 bits per heavy atom. The monoisotopic (exact) mass is 188 g/mol. The van der Waals surface area contributed by atoms with Crippen LogP contribution in [0.1, 0.15) is 24.2 Å². The highest BCUT2D eigenvalue weighted by Gasteiger charge is 2.19. The standard InChI is InChI=1S/C12H12O2/c13-9-5-3-7-11-12(9)8-4-1-2-6-10(8)14-11/h3,5,7,13H,1-2,4,6H2. The molecule has 1 N–H and O–H groups in total. The van der Waals surface area contributed by atoms with E-state index >= 15 is 0 Å². The van der Waals surface area contributed by atoms with Crippen LogP contribution in [0.3, 0.4) is 0 Å². The van der Waals surface area contributed by atoms with Crippen LogP contribution in [0.4, 0.5) is 0 Å². The topological polar surface area (TPSA) is 33.4 Å². The maximum absolute atomic E-state index is 9.76. The molecule has 14 heavy (non-hydrogen) atoms. The first-order valence-electron chi connectivity index (χ1n) is 5.08. The summed E-state index contributed by atoms with van der Waals surface area (Å²) in [6, 6.07) is 5.48. The third-order valence-electron chi connectivity index (χ3n) is 2.96. The molecule has 0 spiro atoms. The lowest BCUT2D eigenvalue weighted by molar-refractivity contribution is 0.481. The number of furan rings is 1. The van der Waals surface area contributed by atoms with Crippen LogP contribution >= 0.6 is 0 Å². The van der Waals surface area contributed by atoms with Gasteiger partial charge in [-0.2, -0.15) is 0 Å². The molecular formula is C12H12O2. The molecule has 0 atom stereocenters. The van der Waals surface area contributed by atoms with Crippen LogP contribution in [0.15, 0.2) is 22.6 Å². The third-order valence-corrected chi connectivity index (χ3v) is 2.96. The molecular weight excluding hydrogens is 176 g/mol. The first kappa shape index (κ1) is 7.92. The van der Waals surface area contributed by atoms with E-state index in [1.165, 1.54) is 18.4 Å². The molecule has 2 nitrogen and oxygen atoms in total. The Hall–Kier alpha value is -1.44. The number of phenolic OH excluding ortho intramolecular Hbond substituents is 1. The zero-order valence-corrected chi connectivity index (χ0v) is 7.92. The molecule has 1 aliphatic carbocycles. The van der Waals surface area contributed by atoms with E-state index in [9.17, 15) is 5.11 Å². The Labute approximate surface area is 82.2 Å². The fourth-order valence-electron chi connectivity index (χ4n) is 2.30. The Morgan fingerprint density at radius 3 is 2.93 bits per heavy atom. The molecule has 0 fully saturated rings. The summed E-state index contributed by atoms with van der Waals surface area (Å²) < 4.78 is 5.71. The highest BCUT2D eigenvalue weighted by Crippen LogP contribution is 2.36. The molecule has 3 rings (SSSR count). The fourth-order valence-corrected chi connectivity index (χ4v) is 2.30. The van der Waals surface area contributed by atoms with Gasteiger partial charge in [-0.1, -0.05) is 6.07 Å². The van der Waals surface area contributed by atoms with Gasteiger partial charge in [0.05, 0.1) is 5.39 Å². The Balaban J connectivity index is 2.38. The molecule has 0 saturated carbocycles. The number of hydrogen-bond acceptors (Lipinski definition) is 2. The van der Waals surface area contributed by atoms with Crippen molar-refractivity contribution in [3.05, 3.63) is 29.5 Å². The largest absolute Gasteiger partial charge is 0.507 e. The van der Waals surface area contributed by atoms with Gasteiger partial charge in [0.1, 0.15) is 17.1 Å². The zero-order valence-electron chi connectivity index (χ0n) is 7.92. The maximum atomic E-state index is 9.76. The number of benzene rings is 1. The lowest BCUT2D eigenvalue weighted by Gasteiger charge is -2.08. The lowest BCUT2D eigenvalue weighted by atomic mass is 9.96. The van der Waals surface area contributed by atoms with E-state index in [1.807, 2.05) is 12.1 Å². The highest BCUT2D eigenvalue weighted by molar-refractivity contribution is 5.88. The summed E-state index contributed by atoms with van der Waals surface area (Å²) in [5, 5.41) is 10.7. The van der Waals surface area contributed by atoms with Crippen molar-refractivity contribution in [3.8, 4) is 5.75 Å². The van der Waals surface area contributed by atoms with Crippen molar-refractivity contribution in [1.29, 1.82) is 0 Å². The van der Waals surface area contributed by atoms with E-state index in [0.717, 1.165) is 29.6 Å². The summed E-state index contributed by atoms with van der Waals surface area (Å²) in [5.41, 5.74) is 2.06. The van der Waals surface area contributed by atoms with Gasteiger partial charge in [0.25, 0.3) is 0 Å². The first-order valence-corrected chi connectivity index (χ1v) is 5.08. The second-order valence-corrected chi connectivity index (χ2v) is 3.86. The van der Waals surface area contributed by atoms with Crippen LogP contribution < -0.4 is 0 Å². The Kier molecular flexibility index (Phi) is 1.57. The van der Waals surface area contributed by atoms with Gasteiger partial charge in [-0.25, -0.2) is 0 Å². The van der Waals surface area contributed by atoms with Crippen LogP contribution in [0.2, 0.25) is 0 Å². The van der Waals surface area contributed by atoms with Gasteiger partial charge in [-0.3, -0.25) is 0 Å². The molecule has 0 unspecified atom stereocenters. The summed E-state index contributed by atoms with van der Waals surface area (Å²) in [6.45, 7) is 0. The van der Waals surface area contributed by atoms with Crippen LogP contribution in [-0.4, -0.2) is 5.11 Å². The minimum absolute atomic E-state index is 0.356. The summed E-state index contributed by atoms with van der Waals surface area (Å²) in [4.78, 5) is 0. The van der Waals surface area contributed by atoms with Crippen molar-refractivity contribution >= 4 is 11.0 Å². The van der Waals surface area contributed by atoms with Gasteiger partial charge in [0.2, 0.25) is 0 Å². The summed E-state index contributed by atoms with van der Waals surface area (Å²) in [7, 11) is 0. The molecule has 0 radical (unpaired) electrons. The summed E-state index contributed by atoms with van der Waals surface area (Å²) >= 11 is 0. The van der Waals surface area contributed by atoms with Crippen molar-refractivity contribution in [3.63, 3.8) is 0 Å². The van der Waals surface area contributed by atoms with E-state index in [2.05, 4.69) is 0 Å². The van der Waals surface area contributed by atoms with Gasteiger partial charge < -0.3 is 9.52 Å². The highest BCUT2D eigenvalue weighted by atomic mass is 16.3. The van der Waals surface area contributed by atoms with Crippen LogP contribution in [0.5, 0.6) is 5.75 Å². The van der Waals surface area contributed by atoms with E-state index in [0.29, 0.717) is 5.75 Å². The quantitative estimate of drug-likeness (QED) is 0.689. The first-order chi connectivity index (χ1) is 6.86. The number of aryl methyl sites for hydroxylation is 2. The lowest BCUT2D eigenvalue weighted by Crippen LogP contribution is -1.98. The average molecular weight is 188 g/mol. The van der Waals surface area contributed by atoms with Gasteiger partial charge in [-0.15, -0.1) is 0 Å². The number of aromatic hydroxyl groups is 1. The van der Waals surface area contributed by atoms with Crippen LogP contribution in [0.25, 0.3) is 11.0 Å². The molecule has 1 aromatic carbocycles. The van der Waals surface area contributed by atoms with Gasteiger partial charge >= 0.3 is 0 Å². The molecule has 0 bridgehead atoms. The number of phenols is 1. The second-order valence-electron chi connectivity index (χ2n) is 3.86. The molecule has 72 valence electrons. The minimum Gasteiger partial charge on any atom is -0.507 e. The van der Waals surface area contributed by atoms with Gasteiger partial charge in [0, 0.05) is 12.0 Å². The SMILES string of the molecule is Oc1cccc2oc3c(c12)CCCC3. The van der Waals surface area contributed by atoms with E-state index in [-0.39, 0.29) is 0 Å². The average Bonchev–Trinajstić information content (AvgIpc) is 2.57. The number of fused-ring (bicyclic) bond motifs is 3. The zero-order chi connectivity index (χ0) is 9.54. The minimum atomic E-state index is 0.356. The molecule has 1 aromatic heterocycles. The fraction of sp³-hybridized carbons (Fsp3) is 0.333. The van der Waals surface area contributed by atoms with Crippen molar-refractivity contribution < 1.29 is 9.52 Å². The predicted octanol–water partition coefficient (Wildman–Crippen LogP) is 3.02. The van der Waals surface area contributed by atoms with Crippen LogP contribution in [-0.2, 0) is 12.8 Å². The third kappa shape index (κ3) is 0.969. The molecule has 0 saturated heterocycles. The Morgan fingerprint density at radius 2 is 2.00 bits per heavy atom. The molecule has 2 heteroatoms. The summed E-state index contributed by atoms with van der Waals surface area (Å²) in [5.74, 6) is 1.43. The van der Waals surface area contributed by atoms with E-state index in [1.54, 1.807) is 6.07 Å². The molecule has 2 aromatic rings. The summed E-state index contributed by atoms with van der Waals surface area (Å²) in [6.07, 6.45) is 4.47. The van der Waals surface area contributed by atoms with Gasteiger partial charge in [-0.05, 0) is 31.4 Å². The smallest absolute Gasteiger partial charge is 0.138 e. The van der Waals surface area contributed by atoms with Crippen molar-refractivity contribution in [2.75, 3.05) is 0 Å². The van der Waals surface area contributed by atoms with Crippen molar-refractivity contribution in [1.82, 2.24) is 0 Å². The maximum Gasteiger partial charge on any atom is 0.138 e. The molecule has 0 aliphatic heterocycles. The van der Waals surface area contributed by atoms with E-state index in [4.69, 9.17) is 4.42 Å². The second kappa shape index (κ2) is 2.77. The molecule has 1 aliphatic rings. The predicted molar refractivity (Wildman–Crippen MR) is 54.5 cm³/mol. The normalized spacial score (nSPS) is 15.7. The molecule has 0 amide bonds. The Bertz CT molecular complexity index is 482. The van der Waals surface area contributed by atoms with E-state index < -0.39 is 0 Å². The molecule has 1 heterocycles. The van der Waals surface area contributed by atoms with Crippen LogP contribution in [0, 0.1) is 0 Å². The van der Waals surface area contributed by atoms with Crippen molar-refractivity contribution in [2.24, 2.45) is 0 Å². The number of rotatable bonds is 0. The number of hydrogen-bond donors (Lipinski definition) is 1. The van der Waals surface area contributed by atoms with Crippen molar-refractivity contribution in [2.45, 2.75) is 25.7 Å². The van der Waals surface area contributed by atoms with Gasteiger partial charge in [0.15, 0.2) is 0 Å².